The molecule has 0 amide bonds. The van der Waals surface area contributed by atoms with E-state index in [9.17, 15) is 0 Å². The Bertz CT molecular complexity index is 1770. The fourth-order valence-electron chi connectivity index (χ4n) is 5.28. The number of rotatable bonds is 3. The monoisotopic (exact) mass is 485 g/mol. The van der Waals surface area contributed by atoms with E-state index in [0.29, 0.717) is 5.11 Å². The molecule has 0 fully saturated rings. The lowest BCUT2D eigenvalue weighted by molar-refractivity contribution is 0.836. The van der Waals surface area contributed by atoms with Gasteiger partial charge in [0.15, 0.2) is 5.11 Å². The van der Waals surface area contributed by atoms with Gasteiger partial charge >= 0.3 is 0 Å². The summed E-state index contributed by atoms with van der Waals surface area (Å²) in [7, 11) is 0. The topological polar surface area (TPSA) is 64.8 Å². The van der Waals surface area contributed by atoms with Gasteiger partial charge in [0.1, 0.15) is 5.82 Å². The zero-order chi connectivity index (χ0) is 24.1. The van der Waals surface area contributed by atoms with E-state index in [4.69, 9.17) is 17.2 Å². The second kappa shape index (κ2) is 8.36. The molecule has 1 atom stereocenters. The summed E-state index contributed by atoms with van der Waals surface area (Å²) in [6, 6.07) is 33.3. The van der Waals surface area contributed by atoms with Crippen molar-refractivity contribution in [3.63, 3.8) is 0 Å². The van der Waals surface area contributed by atoms with Gasteiger partial charge in [0.2, 0.25) is 0 Å². The van der Waals surface area contributed by atoms with Crippen LogP contribution in [0.5, 0.6) is 0 Å². The standard InChI is InChI=1S/C30H23N5S/c36-30(32-18-8-2-1-3-9-18)33-19-14-15-21-20-10-4-5-12-23(20)27-28(24(21)16-19)35-29(34-27)25-17-31-26-13-7-6-11-22(25)26/h1-16,25,31H,17H2,(H,34,35)(H2,32,33,36). The highest BCUT2D eigenvalue weighted by molar-refractivity contribution is 7.80. The Balaban J connectivity index is 1.35. The van der Waals surface area contributed by atoms with Crippen LogP contribution in [0.4, 0.5) is 17.1 Å². The van der Waals surface area contributed by atoms with Crippen molar-refractivity contribution in [2.45, 2.75) is 5.92 Å². The lowest BCUT2D eigenvalue weighted by atomic mass is 9.99. The lowest BCUT2D eigenvalue weighted by Gasteiger charge is -2.12. The Kier molecular flexibility index (Phi) is 4.85. The number of fused-ring (bicyclic) bond motifs is 7. The molecular formula is C30H23N5S. The molecule has 0 saturated heterocycles. The minimum Gasteiger partial charge on any atom is -0.384 e. The van der Waals surface area contributed by atoms with Crippen LogP contribution in [-0.2, 0) is 0 Å². The first-order chi connectivity index (χ1) is 17.7. The van der Waals surface area contributed by atoms with Gasteiger partial charge in [-0.2, -0.15) is 0 Å². The molecule has 1 aliphatic rings. The van der Waals surface area contributed by atoms with E-state index in [-0.39, 0.29) is 5.92 Å². The van der Waals surface area contributed by atoms with Crippen molar-refractivity contribution in [3.05, 3.63) is 108 Å². The zero-order valence-corrected chi connectivity index (χ0v) is 20.2. The van der Waals surface area contributed by atoms with Gasteiger partial charge in [0, 0.05) is 34.4 Å². The Morgan fingerprint density at radius 1 is 0.750 bits per heavy atom. The van der Waals surface area contributed by atoms with Crippen LogP contribution in [-0.4, -0.2) is 21.6 Å². The van der Waals surface area contributed by atoms with Gasteiger partial charge in [0.05, 0.1) is 17.0 Å². The van der Waals surface area contributed by atoms with Crippen LogP contribution in [0.2, 0.25) is 0 Å². The first-order valence-electron chi connectivity index (χ1n) is 12.0. The third kappa shape index (κ3) is 3.46. The molecule has 5 aromatic carbocycles. The minimum absolute atomic E-state index is 0.186. The number of nitrogens with zero attached hydrogens (tertiary/aromatic N) is 1. The first-order valence-corrected chi connectivity index (χ1v) is 12.5. The molecule has 6 heteroatoms. The van der Waals surface area contributed by atoms with Crippen molar-refractivity contribution in [1.29, 1.82) is 0 Å². The largest absolute Gasteiger partial charge is 0.384 e. The molecule has 2 heterocycles. The Morgan fingerprint density at radius 2 is 1.47 bits per heavy atom. The maximum Gasteiger partial charge on any atom is 0.175 e. The van der Waals surface area contributed by atoms with Gasteiger partial charge in [-0.15, -0.1) is 0 Å². The quantitative estimate of drug-likeness (QED) is 0.157. The predicted octanol–water partition coefficient (Wildman–Crippen LogP) is 7.24. The number of aromatic nitrogens is 2. The number of H-pyrrole nitrogens is 1. The number of para-hydroxylation sites is 2. The number of hydrogen-bond acceptors (Lipinski definition) is 3. The van der Waals surface area contributed by atoms with E-state index in [1.54, 1.807) is 0 Å². The van der Waals surface area contributed by atoms with Crippen LogP contribution in [0.15, 0.2) is 97.1 Å². The third-order valence-electron chi connectivity index (χ3n) is 6.94. The SMILES string of the molecule is S=C(Nc1ccccc1)Nc1ccc2c3ccccc3c3nc(C4CNc5ccccc54)[nH]c3c2c1. The number of anilines is 3. The van der Waals surface area contributed by atoms with E-state index in [1.165, 1.54) is 22.0 Å². The van der Waals surface area contributed by atoms with Crippen LogP contribution >= 0.6 is 12.2 Å². The van der Waals surface area contributed by atoms with Gasteiger partial charge < -0.3 is 20.9 Å². The van der Waals surface area contributed by atoms with Crippen molar-refractivity contribution in [2.75, 3.05) is 22.5 Å². The van der Waals surface area contributed by atoms with Crippen LogP contribution in [0.3, 0.4) is 0 Å². The fraction of sp³-hybridized carbons (Fsp3) is 0.0667. The first kappa shape index (κ1) is 20.9. The summed E-state index contributed by atoms with van der Waals surface area (Å²) in [5, 5.41) is 15.3. The summed E-state index contributed by atoms with van der Waals surface area (Å²) >= 11 is 5.58. The highest BCUT2D eigenvalue weighted by Gasteiger charge is 2.26. The molecule has 1 unspecified atom stereocenters. The summed E-state index contributed by atoms with van der Waals surface area (Å²) in [6.07, 6.45) is 0. The van der Waals surface area contributed by atoms with Crippen molar-refractivity contribution >= 4 is 67.0 Å². The third-order valence-corrected chi connectivity index (χ3v) is 7.14. The molecule has 0 saturated carbocycles. The van der Waals surface area contributed by atoms with Crippen molar-refractivity contribution < 1.29 is 0 Å². The molecule has 0 spiro atoms. The molecule has 1 aliphatic heterocycles. The molecule has 174 valence electrons. The van der Waals surface area contributed by atoms with Gasteiger partial charge in [-0.3, -0.25) is 0 Å². The van der Waals surface area contributed by atoms with E-state index in [1.807, 2.05) is 30.3 Å². The molecule has 36 heavy (non-hydrogen) atoms. The average molecular weight is 486 g/mol. The highest BCUT2D eigenvalue weighted by atomic mass is 32.1. The maximum atomic E-state index is 5.58. The van der Waals surface area contributed by atoms with Gasteiger partial charge in [-0.25, -0.2) is 4.98 Å². The normalized spacial score (nSPS) is 14.6. The van der Waals surface area contributed by atoms with Gasteiger partial charge in [0.25, 0.3) is 0 Å². The minimum atomic E-state index is 0.186. The summed E-state index contributed by atoms with van der Waals surface area (Å²) in [6.45, 7) is 0.835. The van der Waals surface area contributed by atoms with Crippen LogP contribution in [0.25, 0.3) is 32.6 Å². The smallest absolute Gasteiger partial charge is 0.175 e. The second-order valence-corrected chi connectivity index (χ2v) is 9.53. The number of benzene rings is 5. The highest BCUT2D eigenvalue weighted by Crippen LogP contribution is 2.39. The number of nitrogens with one attached hydrogen (secondary N) is 4. The maximum absolute atomic E-state index is 5.58. The molecular weight excluding hydrogens is 462 g/mol. The van der Waals surface area contributed by atoms with Crippen LogP contribution in [0, 0.1) is 0 Å². The predicted molar refractivity (Wildman–Crippen MR) is 154 cm³/mol. The number of imidazole rings is 1. The van der Waals surface area contributed by atoms with E-state index in [0.717, 1.165) is 45.5 Å². The number of hydrogen-bond donors (Lipinski definition) is 4. The van der Waals surface area contributed by atoms with Gasteiger partial charge in [-0.1, -0.05) is 66.7 Å². The average Bonchev–Trinajstić information content (AvgIpc) is 3.54. The summed E-state index contributed by atoms with van der Waals surface area (Å²) in [5.41, 5.74) is 6.39. The van der Waals surface area contributed by atoms with E-state index < -0.39 is 0 Å². The molecule has 7 rings (SSSR count). The molecule has 5 nitrogen and oxygen atoms in total. The molecule has 4 N–H and O–H groups in total. The van der Waals surface area contributed by atoms with Gasteiger partial charge in [-0.05, 0) is 58.9 Å². The Labute approximate surface area is 213 Å². The zero-order valence-electron chi connectivity index (χ0n) is 19.4. The summed E-state index contributed by atoms with van der Waals surface area (Å²) < 4.78 is 0. The van der Waals surface area contributed by atoms with E-state index in [2.05, 4.69) is 87.7 Å². The number of thiocarbonyl (C=S) groups is 1. The molecule has 0 aliphatic carbocycles. The fourth-order valence-corrected chi connectivity index (χ4v) is 5.51. The molecule has 6 aromatic rings. The van der Waals surface area contributed by atoms with Crippen LogP contribution < -0.4 is 16.0 Å². The molecule has 0 radical (unpaired) electrons. The number of aromatic amines is 1. The van der Waals surface area contributed by atoms with E-state index >= 15 is 0 Å². The Morgan fingerprint density at radius 3 is 2.36 bits per heavy atom. The molecule has 0 bridgehead atoms. The summed E-state index contributed by atoms with van der Waals surface area (Å²) in [5.74, 6) is 1.17. The van der Waals surface area contributed by atoms with Crippen molar-refractivity contribution in [3.8, 4) is 0 Å². The van der Waals surface area contributed by atoms with Crippen LogP contribution in [0.1, 0.15) is 17.3 Å². The second-order valence-electron chi connectivity index (χ2n) is 9.12. The Hall–Kier alpha value is -4.42. The van der Waals surface area contributed by atoms with Crippen molar-refractivity contribution in [1.82, 2.24) is 9.97 Å². The summed E-state index contributed by atoms with van der Waals surface area (Å²) in [4.78, 5) is 8.87. The molecule has 1 aromatic heterocycles. The lowest BCUT2D eigenvalue weighted by Crippen LogP contribution is -2.18. The van der Waals surface area contributed by atoms with Crippen molar-refractivity contribution in [2.24, 2.45) is 0 Å².